The molecule has 0 spiro atoms. The number of nitrogens with one attached hydrogen (secondary N) is 2. The number of benzene rings is 1. The molecule has 98 valence electrons. The zero-order chi connectivity index (χ0) is 13.5. The lowest BCUT2D eigenvalue weighted by molar-refractivity contribution is -0.384. The normalized spacial score (nSPS) is 9.67. The lowest BCUT2D eigenvalue weighted by Gasteiger charge is -2.08. The molecular weight excluding hydrogens is 238 g/mol. The molecule has 0 bridgehead atoms. The number of anilines is 2. The number of nitro groups is 1. The Balaban J connectivity index is 2.72. The van der Waals surface area contributed by atoms with Crippen LogP contribution in [0.3, 0.4) is 0 Å². The third kappa shape index (κ3) is 3.93. The Hall–Kier alpha value is -2.31. The largest absolute Gasteiger partial charge is 0.469 e. The first-order valence-electron chi connectivity index (χ1n) is 5.34. The van der Waals surface area contributed by atoms with Crippen molar-refractivity contribution in [3.8, 4) is 0 Å². The molecule has 0 aliphatic heterocycles. The number of hydrogen-bond acceptors (Lipinski definition) is 6. The van der Waals surface area contributed by atoms with Crippen LogP contribution in [0.25, 0.3) is 0 Å². The molecule has 0 fully saturated rings. The van der Waals surface area contributed by atoms with E-state index in [-0.39, 0.29) is 18.1 Å². The first kappa shape index (κ1) is 13.8. The molecule has 0 amide bonds. The molecule has 0 saturated heterocycles. The minimum absolute atomic E-state index is 0.0116. The maximum absolute atomic E-state index is 10.9. The molecule has 0 saturated carbocycles. The van der Waals surface area contributed by atoms with Gasteiger partial charge in [-0.1, -0.05) is 0 Å². The molecule has 7 heteroatoms. The van der Waals surface area contributed by atoms with E-state index in [0.717, 1.165) is 0 Å². The van der Waals surface area contributed by atoms with Crippen LogP contribution in [0.4, 0.5) is 17.1 Å². The molecule has 18 heavy (non-hydrogen) atoms. The van der Waals surface area contributed by atoms with E-state index in [1.807, 2.05) is 0 Å². The van der Waals surface area contributed by atoms with Crippen LogP contribution in [0.15, 0.2) is 18.2 Å². The second-order valence-corrected chi connectivity index (χ2v) is 3.53. The summed E-state index contributed by atoms with van der Waals surface area (Å²) in [6.45, 7) is 0.358. The van der Waals surface area contributed by atoms with Crippen molar-refractivity contribution in [1.82, 2.24) is 0 Å². The monoisotopic (exact) mass is 253 g/mol. The van der Waals surface area contributed by atoms with E-state index in [2.05, 4.69) is 15.4 Å². The molecule has 0 heterocycles. The van der Waals surface area contributed by atoms with E-state index in [1.54, 1.807) is 13.1 Å². The van der Waals surface area contributed by atoms with E-state index < -0.39 is 4.92 Å². The number of carbonyl (C=O) groups excluding carboxylic acids is 1. The summed E-state index contributed by atoms with van der Waals surface area (Å²) in [6, 6.07) is 4.58. The molecule has 1 rings (SSSR count). The number of non-ortho nitro benzene ring substituents is 1. The zero-order valence-corrected chi connectivity index (χ0v) is 10.2. The first-order chi connectivity index (χ1) is 8.56. The molecular formula is C11H15N3O4. The Labute approximate surface area is 104 Å². The van der Waals surface area contributed by atoms with Crippen molar-refractivity contribution < 1.29 is 14.5 Å². The van der Waals surface area contributed by atoms with Gasteiger partial charge < -0.3 is 15.4 Å². The second kappa shape index (κ2) is 6.43. The lowest BCUT2D eigenvalue weighted by Crippen LogP contribution is -2.10. The highest BCUT2D eigenvalue weighted by Gasteiger charge is 2.09. The number of methoxy groups -OCH3 is 1. The summed E-state index contributed by atoms with van der Waals surface area (Å²) in [4.78, 5) is 21.2. The van der Waals surface area contributed by atoms with Gasteiger partial charge in [0.15, 0.2) is 0 Å². The van der Waals surface area contributed by atoms with Gasteiger partial charge in [-0.15, -0.1) is 0 Å². The number of ether oxygens (including phenoxy) is 1. The van der Waals surface area contributed by atoms with Gasteiger partial charge in [0, 0.05) is 37.1 Å². The van der Waals surface area contributed by atoms with Crippen molar-refractivity contribution in [1.29, 1.82) is 0 Å². The van der Waals surface area contributed by atoms with Crippen LogP contribution in [-0.2, 0) is 9.53 Å². The second-order valence-electron chi connectivity index (χ2n) is 3.53. The minimum atomic E-state index is -0.466. The Kier molecular flexibility index (Phi) is 4.91. The molecule has 0 radical (unpaired) electrons. The Morgan fingerprint density at radius 1 is 1.39 bits per heavy atom. The fraction of sp³-hybridized carbons (Fsp3) is 0.364. The maximum atomic E-state index is 10.9. The first-order valence-corrected chi connectivity index (χ1v) is 5.34. The van der Waals surface area contributed by atoms with Crippen LogP contribution in [-0.4, -0.2) is 31.6 Å². The summed E-state index contributed by atoms with van der Waals surface area (Å²) in [7, 11) is 2.99. The Morgan fingerprint density at radius 3 is 2.61 bits per heavy atom. The van der Waals surface area contributed by atoms with Crippen LogP contribution < -0.4 is 10.6 Å². The van der Waals surface area contributed by atoms with E-state index in [9.17, 15) is 14.9 Å². The maximum Gasteiger partial charge on any atom is 0.307 e. The van der Waals surface area contributed by atoms with E-state index in [4.69, 9.17) is 0 Å². The van der Waals surface area contributed by atoms with Crippen molar-refractivity contribution in [2.75, 3.05) is 31.3 Å². The van der Waals surface area contributed by atoms with Crippen LogP contribution in [0.5, 0.6) is 0 Å². The van der Waals surface area contributed by atoms with Crippen molar-refractivity contribution >= 4 is 23.0 Å². The van der Waals surface area contributed by atoms with Gasteiger partial charge in [-0.25, -0.2) is 0 Å². The highest BCUT2D eigenvalue weighted by atomic mass is 16.6. The van der Waals surface area contributed by atoms with Crippen LogP contribution >= 0.6 is 0 Å². The molecule has 0 aliphatic rings. The zero-order valence-electron chi connectivity index (χ0n) is 10.2. The molecule has 2 N–H and O–H groups in total. The molecule has 0 atom stereocenters. The molecule has 0 aliphatic carbocycles. The van der Waals surface area contributed by atoms with Gasteiger partial charge in [-0.05, 0) is 6.07 Å². The predicted molar refractivity (Wildman–Crippen MR) is 67.8 cm³/mol. The van der Waals surface area contributed by atoms with Gasteiger partial charge in [0.05, 0.1) is 18.5 Å². The van der Waals surface area contributed by atoms with Crippen molar-refractivity contribution in [2.45, 2.75) is 6.42 Å². The third-order valence-corrected chi connectivity index (χ3v) is 2.30. The fourth-order valence-corrected chi connectivity index (χ4v) is 1.37. The summed E-state index contributed by atoms with van der Waals surface area (Å²) >= 11 is 0. The standard InChI is InChI=1S/C11H15N3O4/c1-12-8-5-9(7-10(6-8)14(16)17)13-4-3-11(15)18-2/h5-7,12-13H,3-4H2,1-2H3. The number of hydrogen-bond donors (Lipinski definition) is 2. The lowest BCUT2D eigenvalue weighted by atomic mass is 10.2. The summed E-state index contributed by atoms with van der Waals surface area (Å²) in [5.74, 6) is -0.332. The van der Waals surface area contributed by atoms with Gasteiger partial charge in [0.25, 0.3) is 5.69 Å². The van der Waals surface area contributed by atoms with E-state index in [0.29, 0.717) is 17.9 Å². The number of carbonyl (C=O) groups is 1. The number of esters is 1. The van der Waals surface area contributed by atoms with Crippen molar-refractivity contribution in [3.05, 3.63) is 28.3 Å². The topological polar surface area (TPSA) is 93.5 Å². The van der Waals surface area contributed by atoms with E-state index in [1.165, 1.54) is 19.2 Å². The quantitative estimate of drug-likeness (QED) is 0.454. The Bertz CT molecular complexity index is 448. The van der Waals surface area contributed by atoms with Crippen molar-refractivity contribution in [3.63, 3.8) is 0 Å². The fourth-order valence-electron chi connectivity index (χ4n) is 1.37. The third-order valence-electron chi connectivity index (χ3n) is 2.30. The number of rotatable bonds is 6. The summed E-state index contributed by atoms with van der Waals surface area (Å²) in [6.07, 6.45) is 0.202. The van der Waals surface area contributed by atoms with Gasteiger partial charge in [0.2, 0.25) is 0 Å². The molecule has 0 unspecified atom stereocenters. The summed E-state index contributed by atoms with van der Waals surface area (Å²) in [5.41, 5.74) is 1.20. The van der Waals surface area contributed by atoms with E-state index >= 15 is 0 Å². The average Bonchev–Trinajstić information content (AvgIpc) is 2.37. The molecule has 1 aromatic carbocycles. The predicted octanol–water partition coefficient (Wildman–Crippen LogP) is 1.61. The van der Waals surface area contributed by atoms with Crippen LogP contribution in [0.1, 0.15) is 6.42 Å². The minimum Gasteiger partial charge on any atom is -0.469 e. The average molecular weight is 253 g/mol. The van der Waals surface area contributed by atoms with Crippen molar-refractivity contribution in [2.24, 2.45) is 0 Å². The van der Waals surface area contributed by atoms with Crippen LogP contribution in [0, 0.1) is 10.1 Å². The highest BCUT2D eigenvalue weighted by molar-refractivity contribution is 5.70. The molecule has 7 nitrogen and oxygen atoms in total. The molecule has 1 aromatic rings. The van der Waals surface area contributed by atoms with Gasteiger partial charge in [-0.2, -0.15) is 0 Å². The summed E-state index contributed by atoms with van der Waals surface area (Å²) in [5, 5.41) is 16.5. The van der Waals surface area contributed by atoms with Gasteiger partial charge >= 0.3 is 5.97 Å². The van der Waals surface area contributed by atoms with Gasteiger partial charge in [0.1, 0.15) is 0 Å². The highest BCUT2D eigenvalue weighted by Crippen LogP contribution is 2.23. The number of nitro benzene ring substituents is 1. The van der Waals surface area contributed by atoms with Crippen LogP contribution in [0.2, 0.25) is 0 Å². The summed E-state index contributed by atoms with van der Waals surface area (Å²) < 4.78 is 4.50. The SMILES string of the molecule is CNc1cc(NCCC(=O)OC)cc([N+](=O)[O-])c1. The Morgan fingerprint density at radius 2 is 2.06 bits per heavy atom. The molecule has 0 aromatic heterocycles. The number of nitrogens with zero attached hydrogens (tertiary/aromatic N) is 1. The van der Waals surface area contributed by atoms with Gasteiger partial charge in [-0.3, -0.25) is 14.9 Å². The smallest absolute Gasteiger partial charge is 0.307 e.